The molecule has 1 aliphatic heterocycles. The van der Waals surface area contributed by atoms with E-state index in [0.29, 0.717) is 0 Å². The van der Waals surface area contributed by atoms with Gasteiger partial charge in [0.05, 0.1) is 0 Å². The van der Waals surface area contributed by atoms with Gasteiger partial charge in [-0.15, -0.1) is 0 Å². The summed E-state index contributed by atoms with van der Waals surface area (Å²) < 4.78 is 238. The fraction of sp³-hybridized carbons (Fsp3) is 1.00. The van der Waals surface area contributed by atoms with E-state index in [1.54, 1.807) is 0 Å². The zero-order chi connectivity index (χ0) is 25.7. The predicted octanol–water partition coefficient (Wildman–Crippen LogP) is 3.75. The number of hydrogen-bond acceptors (Lipinski definition) is 5. The quantitative estimate of drug-likeness (QED) is 0.407. The van der Waals surface area contributed by atoms with E-state index in [0.717, 1.165) is 0 Å². The second-order valence-corrected chi connectivity index (χ2v) is 11.2. The Balaban J connectivity index is 3.83. The third kappa shape index (κ3) is 3.41. The average Bonchev–Trinajstić information content (AvgIpc) is 3.13. The van der Waals surface area contributed by atoms with Gasteiger partial charge < -0.3 is 4.55 Å². The molecule has 0 spiro atoms. The number of hydrogen-bond donors (Lipinski definition) is 1. The summed E-state index contributed by atoms with van der Waals surface area (Å²) in [4.78, 5) is 0. The lowest BCUT2D eigenvalue weighted by Gasteiger charge is -2.33. The number of halogens is 15. The molecule has 0 saturated carbocycles. The highest BCUT2D eigenvalue weighted by Gasteiger charge is 2.92. The predicted molar refractivity (Wildman–Crippen MR) is 64.7 cm³/mol. The maximum absolute atomic E-state index is 13.6. The number of rotatable bonds is 5. The standard InChI is InChI=1S/C6HF15N2O5S3/c7-1(8,3(11,12)13)2(9,10)4(14,15)30(25,26)22-23(29(22,24)5(16,17)18)31(27,28)6(19,20)21/h24H. The monoisotopic (exact) mass is 562 g/mol. The van der Waals surface area contributed by atoms with Crippen molar-refractivity contribution >= 4 is 30.7 Å². The summed E-state index contributed by atoms with van der Waals surface area (Å²) in [6, 6.07) is 0. The van der Waals surface area contributed by atoms with Gasteiger partial charge in [0.15, 0.2) is 0 Å². The van der Waals surface area contributed by atoms with Crippen LogP contribution in [0.3, 0.4) is 0 Å². The van der Waals surface area contributed by atoms with Gasteiger partial charge in [-0.25, -0.2) is 16.8 Å². The first kappa shape index (κ1) is 28.1. The zero-order valence-corrected chi connectivity index (χ0v) is 15.3. The Morgan fingerprint density at radius 3 is 1.16 bits per heavy atom. The fourth-order valence-corrected chi connectivity index (χ4v) is 8.64. The van der Waals surface area contributed by atoms with Gasteiger partial charge in [-0.2, -0.15) is 65.9 Å². The molecule has 1 saturated heterocycles. The molecular weight excluding hydrogens is 561 g/mol. The Kier molecular flexibility index (Phi) is 5.96. The molecule has 188 valence electrons. The molecule has 0 radical (unpaired) electrons. The molecular formula is C6HF15N2O5S3. The number of nitrogens with zero attached hydrogens (tertiary/aromatic N) is 2. The van der Waals surface area contributed by atoms with Crippen molar-refractivity contribution in [2.75, 3.05) is 0 Å². The van der Waals surface area contributed by atoms with Crippen LogP contribution in [0.2, 0.25) is 0 Å². The molecule has 25 heteroatoms. The van der Waals surface area contributed by atoms with E-state index >= 15 is 0 Å². The van der Waals surface area contributed by atoms with Gasteiger partial charge in [-0.3, -0.25) is 0 Å². The summed E-state index contributed by atoms with van der Waals surface area (Å²) in [5.41, 5.74) is -14.0. The maximum Gasteiger partial charge on any atom is 0.513 e. The normalized spacial score (nSPS) is 29.4. The van der Waals surface area contributed by atoms with Crippen LogP contribution in [0.1, 0.15) is 0 Å². The summed E-state index contributed by atoms with van der Waals surface area (Å²) in [5, 5.41) is -8.05. The van der Waals surface area contributed by atoms with Crippen LogP contribution in [-0.2, 0) is 20.0 Å². The molecule has 0 aliphatic carbocycles. The van der Waals surface area contributed by atoms with Gasteiger partial charge in [0, 0.05) is 0 Å². The highest BCUT2D eigenvalue weighted by Crippen LogP contribution is 2.81. The van der Waals surface area contributed by atoms with E-state index in [1.165, 1.54) is 0 Å². The van der Waals surface area contributed by atoms with Crippen molar-refractivity contribution in [2.45, 2.75) is 34.3 Å². The minimum atomic E-state index is -8.57. The largest absolute Gasteiger partial charge is 0.513 e. The lowest BCUT2D eigenvalue weighted by molar-refractivity contribution is -0.382. The smallest absolute Gasteiger partial charge is 0.315 e. The Morgan fingerprint density at radius 2 is 0.903 bits per heavy atom. The van der Waals surface area contributed by atoms with Crippen molar-refractivity contribution in [2.24, 2.45) is 0 Å². The van der Waals surface area contributed by atoms with Crippen LogP contribution in [-0.4, -0.2) is 63.3 Å². The van der Waals surface area contributed by atoms with Crippen molar-refractivity contribution in [1.29, 1.82) is 0 Å². The Bertz CT molecular complexity index is 949. The molecule has 7 nitrogen and oxygen atoms in total. The van der Waals surface area contributed by atoms with Gasteiger partial charge in [0.1, 0.15) is 10.7 Å². The first-order valence-corrected chi connectivity index (χ1v) is 10.4. The minimum absolute atomic E-state index is 2.83. The highest BCUT2D eigenvalue weighted by molar-refractivity contribution is 8.40. The van der Waals surface area contributed by atoms with Crippen LogP contribution in [0.5, 0.6) is 0 Å². The Labute approximate surface area is 160 Å². The molecule has 1 heterocycles. The van der Waals surface area contributed by atoms with Gasteiger partial charge in [-0.1, -0.05) is 0 Å². The Morgan fingerprint density at radius 1 is 0.581 bits per heavy atom. The van der Waals surface area contributed by atoms with Crippen molar-refractivity contribution in [1.82, 2.24) is 7.64 Å². The zero-order valence-electron chi connectivity index (χ0n) is 12.9. The third-order valence-electron chi connectivity index (χ3n) is 3.00. The second-order valence-electron chi connectivity index (χ2n) is 5.00. The molecule has 1 aliphatic rings. The van der Waals surface area contributed by atoms with Gasteiger partial charge in [0.25, 0.3) is 0 Å². The molecule has 3 atom stereocenters. The Hall–Kier alpha value is -0.920. The van der Waals surface area contributed by atoms with Crippen molar-refractivity contribution in [3.63, 3.8) is 0 Å². The van der Waals surface area contributed by atoms with Crippen LogP contribution < -0.4 is 0 Å². The van der Waals surface area contributed by atoms with Crippen LogP contribution in [0.15, 0.2) is 0 Å². The molecule has 1 N–H and O–H groups in total. The molecule has 0 aromatic carbocycles. The van der Waals surface area contributed by atoms with Crippen molar-refractivity contribution in [3.05, 3.63) is 0 Å². The molecule has 0 amide bonds. The van der Waals surface area contributed by atoms with Crippen LogP contribution in [0, 0.1) is 0 Å². The molecule has 0 aromatic heterocycles. The minimum Gasteiger partial charge on any atom is -0.315 e. The third-order valence-corrected chi connectivity index (χ3v) is 10.0. The van der Waals surface area contributed by atoms with E-state index in [4.69, 9.17) is 4.55 Å². The maximum atomic E-state index is 13.6. The topological polar surface area (TPSA) is 94.5 Å². The van der Waals surface area contributed by atoms with E-state index in [9.17, 15) is 82.7 Å². The summed E-state index contributed by atoms with van der Waals surface area (Å²) in [5.74, 6) is -16.3. The molecule has 1 fully saturated rings. The highest BCUT2D eigenvalue weighted by atomic mass is 32.4. The average molecular weight is 562 g/mol. The molecule has 0 aromatic rings. The lowest BCUT2D eigenvalue weighted by Crippen LogP contribution is -2.64. The summed E-state index contributed by atoms with van der Waals surface area (Å²) in [6.07, 6.45) is -7.70. The summed E-state index contributed by atoms with van der Waals surface area (Å²) in [7, 11) is -23.8. The second kappa shape index (κ2) is 6.57. The van der Waals surface area contributed by atoms with Gasteiger partial charge >= 0.3 is 54.3 Å². The molecule has 31 heavy (non-hydrogen) atoms. The summed E-state index contributed by atoms with van der Waals surface area (Å²) >= 11 is 0. The number of hydrazine groups is 1. The summed E-state index contributed by atoms with van der Waals surface area (Å²) in [6.45, 7) is 0. The van der Waals surface area contributed by atoms with Crippen LogP contribution >= 0.6 is 10.7 Å². The molecule has 0 bridgehead atoms. The first-order valence-electron chi connectivity index (χ1n) is 5.98. The van der Waals surface area contributed by atoms with E-state index in [-0.39, 0.29) is 0 Å². The van der Waals surface area contributed by atoms with E-state index in [1.807, 2.05) is 0 Å². The van der Waals surface area contributed by atoms with Crippen molar-refractivity contribution in [3.8, 4) is 0 Å². The fourth-order valence-electron chi connectivity index (χ4n) is 1.47. The number of sulfonamides is 2. The van der Waals surface area contributed by atoms with Crippen molar-refractivity contribution < 1.29 is 87.2 Å². The number of alkyl halides is 15. The lowest BCUT2D eigenvalue weighted by atomic mass is 10.1. The molecule has 3 unspecified atom stereocenters. The van der Waals surface area contributed by atoms with E-state index < -0.39 is 72.7 Å². The van der Waals surface area contributed by atoms with Gasteiger partial charge in [-0.05, 0) is 7.64 Å². The SMILES string of the molecule is O=S(=O)(N1N(S(=O)(=O)C(F)(F)C(F)(F)C(F)(F)C(F)(F)F)S1(O)C(F)(F)F)C(F)(F)F. The van der Waals surface area contributed by atoms with Crippen LogP contribution in [0.25, 0.3) is 0 Å². The first-order chi connectivity index (χ1) is 13.0. The van der Waals surface area contributed by atoms with Gasteiger partial charge in [0.2, 0.25) is 0 Å². The molecule has 1 rings (SSSR count). The van der Waals surface area contributed by atoms with Crippen LogP contribution in [0.4, 0.5) is 65.9 Å². The van der Waals surface area contributed by atoms with E-state index in [2.05, 4.69) is 0 Å².